The van der Waals surface area contributed by atoms with Gasteiger partial charge < -0.3 is 5.32 Å². The van der Waals surface area contributed by atoms with Crippen molar-refractivity contribution in [2.75, 3.05) is 0 Å². The third-order valence-corrected chi connectivity index (χ3v) is 8.59. The highest BCUT2D eigenvalue weighted by atomic mass is 15.2. The molecular formula is C42H32N4. The summed E-state index contributed by atoms with van der Waals surface area (Å²) in [7, 11) is 0. The Balaban J connectivity index is 1.37. The molecule has 6 aromatic carbocycles. The highest BCUT2D eigenvalue weighted by Crippen LogP contribution is 2.37. The number of benzene rings is 6. The smallest absolute Gasteiger partial charge is 0.159 e. The lowest BCUT2D eigenvalue weighted by atomic mass is 9.90. The average molecular weight is 593 g/mol. The first-order chi connectivity index (χ1) is 22.6. The molecule has 0 bridgehead atoms. The highest BCUT2D eigenvalue weighted by Gasteiger charge is 2.22. The molecule has 0 amide bonds. The van der Waals surface area contributed by atoms with Gasteiger partial charge >= 0.3 is 0 Å². The molecule has 1 N–H and O–H groups in total. The lowest BCUT2D eigenvalue weighted by Crippen LogP contribution is -2.33. The van der Waals surface area contributed by atoms with E-state index in [-0.39, 0.29) is 6.17 Å². The molecule has 0 aliphatic carbocycles. The van der Waals surface area contributed by atoms with Crippen LogP contribution < -0.4 is 5.32 Å². The van der Waals surface area contributed by atoms with Gasteiger partial charge in [0.15, 0.2) is 5.84 Å². The Bertz CT molecular complexity index is 2280. The van der Waals surface area contributed by atoms with Crippen molar-refractivity contribution >= 4 is 33.2 Å². The van der Waals surface area contributed by atoms with Crippen LogP contribution in [-0.4, -0.2) is 16.7 Å². The van der Waals surface area contributed by atoms with Crippen LogP contribution in [0.15, 0.2) is 156 Å². The summed E-state index contributed by atoms with van der Waals surface area (Å²) in [5.41, 5.74) is 9.62. The number of nitrogens with one attached hydrogen (secondary N) is 1. The molecule has 8 rings (SSSR count). The van der Waals surface area contributed by atoms with Crippen molar-refractivity contribution in [3.8, 4) is 22.3 Å². The van der Waals surface area contributed by atoms with Gasteiger partial charge in [0.1, 0.15) is 12.0 Å². The molecule has 2 heterocycles. The molecule has 46 heavy (non-hydrogen) atoms. The SMILES string of the molecule is Cc1cc(-c2cc(C3=NC(c4ccccc4)=NC(c4ccccc4)N3)cc(-c3cc4ccccc4c4ccccc34)c2)cc(C)n1. The van der Waals surface area contributed by atoms with Crippen LogP contribution in [0.2, 0.25) is 0 Å². The lowest BCUT2D eigenvalue weighted by molar-refractivity contribution is 0.674. The zero-order valence-corrected chi connectivity index (χ0v) is 25.8. The van der Waals surface area contributed by atoms with Crippen LogP contribution >= 0.6 is 0 Å². The van der Waals surface area contributed by atoms with Crippen molar-refractivity contribution in [3.05, 3.63) is 174 Å². The zero-order valence-electron chi connectivity index (χ0n) is 25.8. The number of rotatable bonds is 5. The average Bonchev–Trinajstić information content (AvgIpc) is 3.11. The van der Waals surface area contributed by atoms with Gasteiger partial charge in [-0.15, -0.1) is 0 Å². The Kier molecular flexibility index (Phi) is 6.96. The molecule has 4 nitrogen and oxygen atoms in total. The first kappa shape index (κ1) is 27.7. The van der Waals surface area contributed by atoms with Gasteiger partial charge in [0.25, 0.3) is 0 Å². The molecule has 7 aromatic rings. The fraction of sp³-hybridized carbons (Fsp3) is 0.0714. The van der Waals surface area contributed by atoms with Crippen molar-refractivity contribution < 1.29 is 0 Å². The zero-order chi connectivity index (χ0) is 31.0. The van der Waals surface area contributed by atoms with Crippen molar-refractivity contribution in [2.45, 2.75) is 20.0 Å². The molecule has 1 unspecified atom stereocenters. The molecule has 1 atom stereocenters. The third kappa shape index (κ3) is 5.24. The van der Waals surface area contributed by atoms with Gasteiger partial charge in [-0.3, -0.25) is 4.98 Å². The minimum atomic E-state index is -0.275. The van der Waals surface area contributed by atoms with E-state index in [2.05, 4.69) is 145 Å². The largest absolute Gasteiger partial charge is 0.344 e. The molecule has 4 heteroatoms. The molecule has 0 radical (unpaired) electrons. The van der Waals surface area contributed by atoms with E-state index in [0.717, 1.165) is 50.6 Å². The summed E-state index contributed by atoms with van der Waals surface area (Å²) in [6.45, 7) is 4.11. The van der Waals surface area contributed by atoms with E-state index < -0.39 is 0 Å². The fourth-order valence-corrected chi connectivity index (χ4v) is 6.50. The molecule has 0 spiro atoms. The summed E-state index contributed by atoms with van der Waals surface area (Å²) in [6.07, 6.45) is -0.275. The molecule has 0 fully saturated rings. The van der Waals surface area contributed by atoms with E-state index in [4.69, 9.17) is 9.98 Å². The Morgan fingerprint density at radius 2 is 1.09 bits per heavy atom. The van der Waals surface area contributed by atoms with Gasteiger partial charge in [0, 0.05) is 22.5 Å². The molecular weight excluding hydrogens is 560 g/mol. The van der Waals surface area contributed by atoms with E-state index >= 15 is 0 Å². The van der Waals surface area contributed by atoms with Crippen LogP contribution in [-0.2, 0) is 0 Å². The Labute approximate surface area is 268 Å². The molecule has 0 saturated heterocycles. The van der Waals surface area contributed by atoms with Crippen molar-refractivity contribution in [1.29, 1.82) is 0 Å². The number of aromatic nitrogens is 1. The number of aryl methyl sites for hydroxylation is 2. The van der Waals surface area contributed by atoms with E-state index in [1.54, 1.807) is 0 Å². The van der Waals surface area contributed by atoms with Crippen molar-refractivity contribution in [2.24, 2.45) is 9.98 Å². The van der Waals surface area contributed by atoms with Gasteiger partial charge in [-0.05, 0) is 99.6 Å². The summed E-state index contributed by atoms with van der Waals surface area (Å²) in [5, 5.41) is 8.62. The second-order valence-corrected chi connectivity index (χ2v) is 11.9. The topological polar surface area (TPSA) is 49.6 Å². The normalized spacial score (nSPS) is 14.5. The van der Waals surface area contributed by atoms with Crippen LogP contribution in [0.1, 0.15) is 34.2 Å². The molecule has 1 aromatic heterocycles. The second-order valence-electron chi connectivity index (χ2n) is 11.9. The predicted molar refractivity (Wildman–Crippen MR) is 191 cm³/mol. The number of hydrogen-bond donors (Lipinski definition) is 1. The summed E-state index contributed by atoms with van der Waals surface area (Å²) >= 11 is 0. The molecule has 1 aliphatic heterocycles. The van der Waals surface area contributed by atoms with Crippen LogP contribution in [0.25, 0.3) is 43.8 Å². The first-order valence-corrected chi connectivity index (χ1v) is 15.6. The van der Waals surface area contributed by atoms with Gasteiger partial charge in [0.05, 0.1) is 0 Å². The monoisotopic (exact) mass is 592 g/mol. The fourth-order valence-electron chi connectivity index (χ4n) is 6.50. The summed E-state index contributed by atoms with van der Waals surface area (Å²) in [6, 6.07) is 51.4. The molecule has 1 aliphatic rings. The standard InChI is InChI=1S/C42H32N4/c1-27-21-32(22-28(2)43-27)33-23-34(39-26-31-17-9-10-18-36(31)37-19-11-12-20-38(37)39)25-35(24-33)42-45-40(29-13-5-3-6-14-29)44-41(46-42)30-15-7-4-8-16-30/h3-26,40H,1-2H3,(H,44,45,46). The van der Waals surface area contributed by atoms with Crippen molar-refractivity contribution in [3.63, 3.8) is 0 Å². The van der Waals surface area contributed by atoms with Gasteiger partial charge in [0.2, 0.25) is 0 Å². The Morgan fingerprint density at radius 3 is 1.85 bits per heavy atom. The minimum absolute atomic E-state index is 0.275. The third-order valence-electron chi connectivity index (χ3n) is 8.59. The van der Waals surface area contributed by atoms with Crippen LogP contribution in [0.5, 0.6) is 0 Å². The number of fused-ring (bicyclic) bond motifs is 3. The molecule has 220 valence electrons. The number of nitrogens with zero attached hydrogens (tertiary/aromatic N) is 3. The van der Waals surface area contributed by atoms with E-state index in [9.17, 15) is 0 Å². The minimum Gasteiger partial charge on any atom is -0.344 e. The summed E-state index contributed by atoms with van der Waals surface area (Å²) in [5.74, 6) is 1.50. The summed E-state index contributed by atoms with van der Waals surface area (Å²) < 4.78 is 0. The number of hydrogen-bond acceptors (Lipinski definition) is 4. The maximum atomic E-state index is 5.16. The van der Waals surface area contributed by atoms with E-state index in [1.807, 2.05) is 24.3 Å². The quantitative estimate of drug-likeness (QED) is 0.202. The van der Waals surface area contributed by atoms with Crippen LogP contribution in [0, 0.1) is 13.8 Å². The van der Waals surface area contributed by atoms with E-state index in [0.29, 0.717) is 5.84 Å². The van der Waals surface area contributed by atoms with Gasteiger partial charge in [-0.2, -0.15) is 0 Å². The maximum absolute atomic E-state index is 5.16. The number of aliphatic imine (C=N–C) groups is 2. The summed E-state index contributed by atoms with van der Waals surface area (Å²) in [4.78, 5) is 14.9. The van der Waals surface area contributed by atoms with Crippen molar-refractivity contribution in [1.82, 2.24) is 10.3 Å². The maximum Gasteiger partial charge on any atom is 0.159 e. The number of pyridine rings is 1. The van der Waals surface area contributed by atoms with Crippen LogP contribution in [0.3, 0.4) is 0 Å². The predicted octanol–water partition coefficient (Wildman–Crippen LogP) is 9.83. The highest BCUT2D eigenvalue weighted by molar-refractivity contribution is 6.16. The molecule has 0 saturated carbocycles. The van der Waals surface area contributed by atoms with Gasteiger partial charge in [-0.25, -0.2) is 9.98 Å². The lowest BCUT2D eigenvalue weighted by Gasteiger charge is -2.24. The van der Waals surface area contributed by atoms with Crippen LogP contribution in [0.4, 0.5) is 0 Å². The van der Waals surface area contributed by atoms with Gasteiger partial charge in [-0.1, -0.05) is 109 Å². The van der Waals surface area contributed by atoms with E-state index in [1.165, 1.54) is 27.1 Å². The second kappa shape index (κ2) is 11.6. The Morgan fingerprint density at radius 1 is 0.500 bits per heavy atom. The number of amidine groups is 2. The Hall–Kier alpha value is -5.87. The first-order valence-electron chi connectivity index (χ1n) is 15.6.